The molecule has 0 fully saturated rings. The summed E-state index contributed by atoms with van der Waals surface area (Å²) >= 11 is 0. The molecular formula is C11H15N3O2S. The minimum Gasteiger partial charge on any atom is -0.329 e. The standard InChI is InChI=1S/C11H15N3O2S/c1-2-14(17(15,16)8-7-12)11-6-4-3-5-10(11)9-13/h3-6H,2,7-8,12H2,1H3. The number of nitriles is 1. The van der Waals surface area contributed by atoms with Crippen LogP contribution in [0.3, 0.4) is 0 Å². The number of sulfonamides is 1. The monoisotopic (exact) mass is 253 g/mol. The van der Waals surface area contributed by atoms with Crippen LogP contribution in [0.25, 0.3) is 0 Å². The maximum Gasteiger partial charge on any atom is 0.236 e. The highest BCUT2D eigenvalue weighted by atomic mass is 32.2. The predicted octanol–water partition coefficient (Wildman–Crippen LogP) is 0.673. The van der Waals surface area contributed by atoms with E-state index in [9.17, 15) is 8.42 Å². The van der Waals surface area contributed by atoms with Crippen LogP contribution in [0.5, 0.6) is 0 Å². The lowest BCUT2D eigenvalue weighted by Gasteiger charge is -2.23. The quantitative estimate of drug-likeness (QED) is 0.835. The van der Waals surface area contributed by atoms with Crippen molar-refractivity contribution in [1.82, 2.24) is 0 Å². The molecule has 0 saturated carbocycles. The minimum absolute atomic E-state index is 0.0630. The van der Waals surface area contributed by atoms with Crippen molar-refractivity contribution in [3.63, 3.8) is 0 Å². The number of nitrogens with zero attached hydrogens (tertiary/aromatic N) is 2. The van der Waals surface area contributed by atoms with E-state index in [4.69, 9.17) is 11.0 Å². The minimum atomic E-state index is -3.45. The average Bonchev–Trinajstić information content (AvgIpc) is 2.30. The van der Waals surface area contributed by atoms with Gasteiger partial charge < -0.3 is 5.73 Å². The number of para-hydroxylation sites is 1. The van der Waals surface area contributed by atoms with Gasteiger partial charge in [0.05, 0.1) is 17.0 Å². The van der Waals surface area contributed by atoms with Crippen LogP contribution >= 0.6 is 0 Å². The van der Waals surface area contributed by atoms with Gasteiger partial charge in [-0.25, -0.2) is 8.42 Å². The molecule has 1 aromatic rings. The lowest BCUT2D eigenvalue weighted by atomic mass is 10.2. The summed E-state index contributed by atoms with van der Waals surface area (Å²) < 4.78 is 25.2. The molecule has 0 atom stereocenters. The predicted molar refractivity (Wildman–Crippen MR) is 67.0 cm³/mol. The lowest BCUT2D eigenvalue weighted by Crippen LogP contribution is -2.35. The second-order valence-electron chi connectivity index (χ2n) is 3.40. The molecule has 0 heterocycles. The Balaban J connectivity index is 3.24. The average molecular weight is 253 g/mol. The summed E-state index contributed by atoms with van der Waals surface area (Å²) in [5.41, 5.74) is 6.04. The summed E-state index contributed by atoms with van der Waals surface area (Å²) in [6, 6.07) is 8.61. The number of anilines is 1. The highest BCUT2D eigenvalue weighted by Gasteiger charge is 2.22. The first-order valence-corrected chi connectivity index (χ1v) is 6.87. The maximum atomic E-state index is 12.0. The number of rotatable bonds is 5. The van der Waals surface area contributed by atoms with Gasteiger partial charge in [0.25, 0.3) is 0 Å². The van der Waals surface area contributed by atoms with Crippen LogP contribution in [-0.2, 0) is 10.0 Å². The molecule has 0 saturated heterocycles. The van der Waals surface area contributed by atoms with E-state index in [0.717, 1.165) is 0 Å². The summed E-state index contributed by atoms with van der Waals surface area (Å²) in [5.74, 6) is -0.124. The van der Waals surface area contributed by atoms with Crippen molar-refractivity contribution < 1.29 is 8.42 Å². The zero-order chi connectivity index (χ0) is 12.9. The molecule has 0 aliphatic rings. The molecule has 1 rings (SSSR count). The van der Waals surface area contributed by atoms with Gasteiger partial charge in [0, 0.05) is 13.1 Å². The Morgan fingerprint density at radius 2 is 2.06 bits per heavy atom. The van der Waals surface area contributed by atoms with Crippen LogP contribution in [0.15, 0.2) is 24.3 Å². The Hall–Kier alpha value is -1.58. The van der Waals surface area contributed by atoms with Crippen LogP contribution < -0.4 is 10.0 Å². The second kappa shape index (κ2) is 5.66. The van der Waals surface area contributed by atoms with Crippen molar-refractivity contribution in [2.75, 3.05) is 23.1 Å². The largest absolute Gasteiger partial charge is 0.329 e. The molecule has 0 aromatic heterocycles. The molecule has 92 valence electrons. The Morgan fingerprint density at radius 1 is 1.41 bits per heavy atom. The molecule has 2 N–H and O–H groups in total. The van der Waals surface area contributed by atoms with Gasteiger partial charge in [-0.15, -0.1) is 0 Å². The Kier molecular flexibility index (Phi) is 4.49. The van der Waals surface area contributed by atoms with E-state index in [0.29, 0.717) is 11.3 Å². The first-order chi connectivity index (χ1) is 8.06. The molecule has 0 amide bonds. The van der Waals surface area contributed by atoms with Gasteiger partial charge in [-0.3, -0.25) is 4.31 Å². The topological polar surface area (TPSA) is 87.2 Å². The number of nitrogens with two attached hydrogens (primary N) is 1. The van der Waals surface area contributed by atoms with E-state index in [1.807, 2.05) is 6.07 Å². The molecule has 0 spiro atoms. The third kappa shape index (κ3) is 2.96. The van der Waals surface area contributed by atoms with Crippen molar-refractivity contribution in [2.45, 2.75) is 6.92 Å². The fourth-order valence-electron chi connectivity index (χ4n) is 1.56. The zero-order valence-electron chi connectivity index (χ0n) is 9.63. The van der Waals surface area contributed by atoms with Crippen LogP contribution in [-0.4, -0.2) is 27.3 Å². The Bertz CT molecular complexity index is 520. The normalized spacial score (nSPS) is 10.9. The van der Waals surface area contributed by atoms with E-state index >= 15 is 0 Å². The molecule has 5 nitrogen and oxygen atoms in total. The summed E-state index contributed by atoms with van der Waals surface area (Å²) in [6.45, 7) is 2.07. The van der Waals surface area contributed by atoms with Gasteiger partial charge in [-0.05, 0) is 19.1 Å². The SMILES string of the molecule is CCN(c1ccccc1C#N)S(=O)(=O)CCN. The summed E-state index contributed by atoms with van der Waals surface area (Å²) in [5, 5.41) is 8.96. The summed E-state index contributed by atoms with van der Waals surface area (Å²) in [7, 11) is -3.45. The molecule has 0 bridgehead atoms. The van der Waals surface area contributed by atoms with E-state index in [2.05, 4.69) is 0 Å². The van der Waals surface area contributed by atoms with E-state index in [1.165, 1.54) is 4.31 Å². The summed E-state index contributed by atoms with van der Waals surface area (Å²) in [4.78, 5) is 0. The van der Waals surface area contributed by atoms with Crippen LogP contribution in [0.4, 0.5) is 5.69 Å². The van der Waals surface area contributed by atoms with Crippen molar-refractivity contribution in [2.24, 2.45) is 5.73 Å². The first kappa shape index (κ1) is 13.5. The van der Waals surface area contributed by atoms with Gasteiger partial charge >= 0.3 is 0 Å². The molecule has 0 aliphatic carbocycles. The second-order valence-corrected chi connectivity index (χ2v) is 5.41. The van der Waals surface area contributed by atoms with E-state index in [1.54, 1.807) is 31.2 Å². The van der Waals surface area contributed by atoms with Crippen molar-refractivity contribution in [3.8, 4) is 6.07 Å². The molecule has 0 radical (unpaired) electrons. The number of benzene rings is 1. The highest BCUT2D eigenvalue weighted by molar-refractivity contribution is 7.92. The maximum absolute atomic E-state index is 12.0. The Labute approximate surface area is 102 Å². The lowest BCUT2D eigenvalue weighted by molar-refractivity contribution is 0.591. The number of hydrogen-bond acceptors (Lipinski definition) is 4. The number of hydrogen-bond donors (Lipinski definition) is 1. The third-order valence-corrected chi connectivity index (χ3v) is 4.17. The zero-order valence-corrected chi connectivity index (χ0v) is 10.4. The molecule has 0 aliphatic heterocycles. The van der Waals surface area contributed by atoms with Crippen LogP contribution in [0.1, 0.15) is 12.5 Å². The van der Waals surface area contributed by atoms with Gasteiger partial charge in [-0.2, -0.15) is 5.26 Å². The van der Waals surface area contributed by atoms with E-state index in [-0.39, 0.29) is 18.8 Å². The molecule has 6 heteroatoms. The molecular weight excluding hydrogens is 238 g/mol. The third-order valence-electron chi connectivity index (χ3n) is 2.29. The molecule has 17 heavy (non-hydrogen) atoms. The van der Waals surface area contributed by atoms with Crippen LogP contribution in [0.2, 0.25) is 0 Å². The summed E-state index contributed by atoms with van der Waals surface area (Å²) in [6.07, 6.45) is 0. The van der Waals surface area contributed by atoms with Gasteiger partial charge in [-0.1, -0.05) is 12.1 Å². The Morgan fingerprint density at radius 3 is 2.59 bits per heavy atom. The molecule has 0 unspecified atom stereocenters. The fourth-order valence-corrected chi connectivity index (χ4v) is 2.93. The van der Waals surface area contributed by atoms with Crippen molar-refractivity contribution in [3.05, 3.63) is 29.8 Å². The van der Waals surface area contributed by atoms with Gasteiger partial charge in [0.1, 0.15) is 6.07 Å². The van der Waals surface area contributed by atoms with Crippen molar-refractivity contribution in [1.29, 1.82) is 5.26 Å². The van der Waals surface area contributed by atoms with E-state index < -0.39 is 10.0 Å². The first-order valence-electron chi connectivity index (χ1n) is 5.26. The highest BCUT2D eigenvalue weighted by Crippen LogP contribution is 2.22. The van der Waals surface area contributed by atoms with Crippen molar-refractivity contribution >= 4 is 15.7 Å². The molecule has 1 aromatic carbocycles. The van der Waals surface area contributed by atoms with Gasteiger partial charge in [0.15, 0.2) is 0 Å². The smallest absolute Gasteiger partial charge is 0.236 e. The van der Waals surface area contributed by atoms with Gasteiger partial charge in [0.2, 0.25) is 10.0 Å². The fraction of sp³-hybridized carbons (Fsp3) is 0.364. The van der Waals surface area contributed by atoms with Crippen LogP contribution in [0, 0.1) is 11.3 Å².